The number of hydrogen-bond donors (Lipinski definition) is 1. The Morgan fingerprint density at radius 3 is 2.37 bits per heavy atom. The average Bonchev–Trinajstić information content (AvgIpc) is 2.67. The molecule has 0 atom stereocenters. The van der Waals surface area contributed by atoms with Gasteiger partial charge in [-0.1, -0.05) is 11.6 Å². The first-order valence-corrected chi connectivity index (χ1v) is 9.34. The summed E-state index contributed by atoms with van der Waals surface area (Å²) >= 11 is 5.90. The van der Waals surface area contributed by atoms with Gasteiger partial charge < -0.3 is 15.1 Å². The zero-order chi connectivity index (χ0) is 22.1. The Kier molecular flexibility index (Phi) is 6.18. The summed E-state index contributed by atoms with van der Waals surface area (Å²) in [7, 11) is 1.97. The molecular formula is C19H18ClF3N4O3. The molecule has 0 radical (unpaired) electrons. The van der Waals surface area contributed by atoms with Gasteiger partial charge in [0.15, 0.2) is 0 Å². The first-order valence-electron chi connectivity index (χ1n) is 8.96. The van der Waals surface area contributed by atoms with E-state index in [0.717, 1.165) is 25.2 Å². The molecule has 1 N–H and O–H groups in total. The number of carbonyl (C=O) groups is 1. The molecule has 0 saturated carbocycles. The van der Waals surface area contributed by atoms with E-state index in [9.17, 15) is 28.1 Å². The largest absolute Gasteiger partial charge is 0.416 e. The van der Waals surface area contributed by atoms with Gasteiger partial charge in [0, 0.05) is 38.3 Å². The molecule has 0 unspecified atom stereocenters. The third kappa shape index (κ3) is 4.82. The van der Waals surface area contributed by atoms with Gasteiger partial charge >= 0.3 is 6.18 Å². The fourth-order valence-corrected chi connectivity index (χ4v) is 3.39. The van der Waals surface area contributed by atoms with Crippen molar-refractivity contribution in [1.29, 1.82) is 0 Å². The Hall–Kier alpha value is -2.85. The number of nitro benzene ring substituents is 1. The smallest absolute Gasteiger partial charge is 0.367 e. The first kappa shape index (κ1) is 21.8. The molecule has 30 heavy (non-hydrogen) atoms. The third-order valence-electron chi connectivity index (χ3n) is 4.82. The zero-order valence-corrected chi connectivity index (χ0v) is 16.6. The van der Waals surface area contributed by atoms with Crippen molar-refractivity contribution in [3.05, 3.63) is 62.7 Å². The molecule has 2 aromatic rings. The molecule has 0 bridgehead atoms. The van der Waals surface area contributed by atoms with Crippen LogP contribution >= 0.6 is 11.6 Å². The van der Waals surface area contributed by atoms with Crippen LogP contribution < -0.4 is 10.2 Å². The molecular weight excluding hydrogens is 425 g/mol. The summed E-state index contributed by atoms with van der Waals surface area (Å²) in [6.07, 6.45) is -4.59. The van der Waals surface area contributed by atoms with Crippen LogP contribution in [0.5, 0.6) is 0 Å². The van der Waals surface area contributed by atoms with Crippen molar-refractivity contribution < 1.29 is 22.9 Å². The predicted octanol–water partition coefficient (Wildman–Crippen LogP) is 4.27. The molecule has 1 aliphatic heterocycles. The number of nitro groups is 1. The molecule has 160 valence electrons. The van der Waals surface area contributed by atoms with Gasteiger partial charge in [-0.15, -0.1) is 0 Å². The van der Waals surface area contributed by atoms with E-state index in [1.165, 1.54) is 12.1 Å². The number of nitrogens with zero attached hydrogens (tertiary/aromatic N) is 3. The number of piperazine rings is 1. The second-order valence-electron chi connectivity index (χ2n) is 6.90. The van der Waals surface area contributed by atoms with E-state index in [1.807, 2.05) is 11.9 Å². The van der Waals surface area contributed by atoms with Gasteiger partial charge in [-0.05, 0) is 31.3 Å². The van der Waals surface area contributed by atoms with Crippen molar-refractivity contribution in [3.63, 3.8) is 0 Å². The fourth-order valence-electron chi connectivity index (χ4n) is 3.13. The number of rotatable bonds is 4. The lowest BCUT2D eigenvalue weighted by atomic mass is 10.1. The van der Waals surface area contributed by atoms with Crippen LogP contribution in [0.25, 0.3) is 0 Å². The molecule has 11 heteroatoms. The van der Waals surface area contributed by atoms with E-state index in [-0.39, 0.29) is 22.0 Å². The molecule has 3 rings (SSSR count). The van der Waals surface area contributed by atoms with Gasteiger partial charge in [0.1, 0.15) is 0 Å². The molecule has 1 fully saturated rings. The summed E-state index contributed by atoms with van der Waals surface area (Å²) in [6, 6.07) is 6.53. The Bertz CT molecular complexity index is 976. The number of non-ortho nitro benzene ring substituents is 1. The summed E-state index contributed by atoms with van der Waals surface area (Å²) in [5.74, 6) is -0.760. The number of anilines is 2. The monoisotopic (exact) mass is 442 g/mol. The lowest BCUT2D eigenvalue weighted by Gasteiger charge is -2.35. The van der Waals surface area contributed by atoms with E-state index < -0.39 is 22.6 Å². The second-order valence-corrected chi connectivity index (χ2v) is 7.30. The number of carbonyl (C=O) groups excluding carboxylic acids is 1. The standard InChI is InChI=1S/C19H18ClF3N4O3/c1-25-6-8-26(9-7-25)17-5-3-13(27(29)30)11-16(17)24-18(28)14-4-2-12(10-15(14)20)19(21,22)23/h2-5,10-11H,6-9H2,1H3,(H,24,28). The first-order chi connectivity index (χ1) is 14.1. The highest BCUT2D eigenvalue weighted by Crippen LogP contribution is 2.34. The number of likely N-dealkylation sites (N-methyl/N-ethyl adjacent to an activating group) is 1. The van der Waals surface area contributed by atoms with E-state index in [1.54, 1.807) is 6.07 Å². The van der Waals surface area contributed by atoms with Gasteiger partial charge in [-0.3, -0.25) is 14.9 Å². The summed E-state index contributed by atoms with van der Waals surface area (Å²) < 4.78 is 38.5. The highest BCUT2D eigenvalue weighted by atomic mass is 35.5. The van der Waals surface area contributed by atoms with Crippen LogP contribution in [0.2, 0.25) is 5.02 Å². The summed E-state index contributed by atoms with van der Waals surface area (Å²) in [6.45, 7) is 2.85. The summed E-state index contributed by atoms with van der Waals surface area (Å²) in [5.41, 5.74) is -0.584. The van der Waals surface area contributed by atoms with Crippen molar-refractivity contribution >= 4 is 34.6 Å². The molecule has 1 saturated heterocycles. The minimum Gasteiger partial charge on any atom is -0.367 e. The number of amides is 1. The van der Waals surface area contributed by atoms with Crippen molar-refractivity contribution in [2.24, 2.45) is 0 Å². The van der Waals surface area contributed by atoms with Gasteiger partial charge in [0.05, 0.1) is 32.4 Å². The van der Waals surface area contributed by atoms with E-state index in [2.05, 4.69) is 10.2 Å². The van der Waals surface area contributed by atoms with Crippen molar-refractivity contribution in [2.75, 3.05) is 43.4 Å². The van der Waals surface area contributed by atoms with Crippen LogP contribution in [0.3, 0.4) is 0 Å². The van der Waals surface area contributed by atoms with Crippen LogP contribution in [0.4, 0.5) is 30.2 Å². The van der Waals surface area contributed by atoms with Crippen LogP contribution in [-0.4, -0.2) is 49.0 Å². The lowest BCUT2D eigenvalue weighted by molar-refractivity contribution is -0.384. The third-order valence-corrected chi connectivity index (χ3v) is 5.14. The number of alkyl halides is 3. The van der Waals surface area contributed by atoms with Gasteiger partial charge in [-0.25, -0.2) is 0 Å². The van der Waals surface area contributed by atoms with Crippen LogP contribution in [0, 0.1) is 10.1 Å². The fraction of sp³-hybridized carbons (Fsp3) is 0.316. The Morgan fingerprint density at radius 1 is 1.13 bits per heavy atom. The Morgan fingerprint density at radius 2 is 1.80 bits per heavy atom. The van der Waals surface area contributed by atoms with E-state index in [0.29, 0.717) is 24.8 Å². The van der Waals surface area contributed by atoms with Crippen molar-refractivity contribution in [2.45, 2.75) is 6.18 Å². The molecule has 1 heterocycles. The maximum atomic E-state index is 12.8. The summed E-state index contributed by atoms with van der Waals surface area (Å²) in [5, 5.41) is 13.4. The minimum atomic E-state index is -4.59. The lowest BCUT2D eigenvalue weighted by Crippen LogP contribution is -2.44. The number of nitrogens with one attached hydrogen (secondary N) is 1. The molecule has 1 amide bonds. The number of hydrogen-bond acceptors (Lipinski definition) is 5. The summed E-state index contributed by atoms with van der Waals surface area (Å²) in [4.78, 5) is 27.4. The maximum Gasteiger partial charge on any atom is 0.416 e. The zero-order valence-electron chi connectivity index (χ0n) is 15.9. The van der Waals surface area contributed by atoms with Crippen LogP contribution in [0.1, 0.15) is 15.9 Å². The molecule has 2 aromatic carbocycles. The SMILES string of the molecule is CN1CCN(c2ccc([N+](=O)[O-])cc2NC(=O)c2ccc(C(F)(F)F)cc2Cl)CC1. The number of halogens is 4. The van der Waals surface area contributed by atoms with Crippen molar-refractivity contribution in [1.82, 2.24) is 4.90 Å². The van der Waals surface area contributed by atoms with Gasteiger partial charge in [-0.2, -0.15) is 13.2 Å². The van der Waals surface area contributed by atoms with Crippen LogP contribution in [0.15, 0.2) is 36.4 Å². The molecule has 0 spiro atoms. The maximum absolute atomic E-state index is 12.8. The Labute approximate surface area is 175 Å². The molecule has 0 aromatic heterocycles. The van der Waals surface area contributed by atoms with E-state index in [4.69, 9.17) is 11.6 Å². The van der Waals surface area contributed by atoms with Gasteiger partial charge in [0.25, 0.3) is 11.6 Å². The molecule has 7 nitrogen and oxygen atoms in total. The number of benzene rings is 2. The highest BCUT2D eigenvalue weighted by Gasteiger charge is 2.31. The predicted molar refractivity (Wildman–Crippen MR) is 107 cm³/mol. The molecule has 1 aliphatic rings. The van der Waals surface area contributed by atoms with Crippen molar-refractivity contribution in [3.8, 4) is 0 Å². The topological polar surface area (TPSA) is 78.7 Å². The second kappa shape index (κ2) is 8.49. The van der Waals surface area contributed by atoms with Crippen LogP contribution in [-0.2, 0) is 6.18 Å². The highest BCUT2D eigenvalue weighted by molar-refractivity contribution is 6.34. The quantitative estimate of drug-likeness (QED) is 0.565. The van der Waals surface area contributed by atoms with Gasteiger partial charge in [0.2, 0.25) is 0 Å². The average molecular weight is 443 g/mol. The normalized spacial score (nSPS) is 15.2. The minimum absolute atomic E-state index is 0.166. The molecule has 0 aliphatic carbocycles. The van der Waals surface area contributed by atoms with E-state index >= 15 is 0 Å². The Balaban J connectivity index is 1.91.